The van der Waals surface area contributed by atoms with Gasteiger partial charge in [-0.05, 0) is 25.0 Å². The van der Waals surface area contributed by atoms with E-state index in [0.29, 0.717) is 11.1 Å². The molecule has 0 radical (unpaired) electrons. The molecule has 0 fully saturated rings. The zero-order valence-electron chi connectivity index (χ0n) is 11.6. The van der Waals surface area contributed by atoms with Crippen LogP contribution in [0.5, 0.6) is 0 Å². The zero-order chi connectivity index (χ0) is 15.6. The molecule has 110 valence electrons. The summed E-state index contributed by atoms with van der Waals surface area (Å²) in [6.07, 6.45) is 0.0615. The Morgan fingerprint density at radius 3 is 2.62 bits per heavy atom. The van der Waals surface area contributed by atoms with Gasteiger partial charge < -0.3 is 15.4 Å². The number of aromatic nitrogens is 1. The molecule has 0 aliphatic heterocycles. The highest BCUT2D eigenvalue weighted by molar-refractivity contribution is 5.85. The normalized spacial score (nSPS) is 12.3. The summed E-state index contributed by atoms with van der Waals surface area (Å²) in [7, 11) is 0. The number of carbonyl (C=O) groups is 2. The van der Waals surface area contributed by atoms with Crippen molar-refractivity contribution in [1.82, 2.24) is 4.57 Å². The lowest BCUT2D eigenvalue weighted by molar-refractivity contribution is -0.138. The summed E-state index contributed by atoms with van der Waals surface area (Å²) in [6.45, 7) is 1.40. The molecule has 3 N–H and O–H groups in total. The molecule has 21 heavy (non-hydrogen) atoms. The summed E-state index contributed by atoms with van der Waals surface area (Å²) in [5, 5.41) is 9.64. The lowest BCUT2D eigenvalue weighted by Gasteiger charge is -2.13. The molecular formula is C15H16N2O4. The fourth-order valence-electron chi connectivity index (χ4n) is 2.28. The number of hydrogen-bond acceptors (Lipinski definition) is 4. The van der Waals surface area contributed by atoms with Crippen molar-refractivity contribution in [1.29, 1.82) is 0 Å². The Hall–Kier alpha value is -2.47. The molecule has 1 atom stereocenters. The first-order valence-electron chi connectivity index (χ1n) is 6.49. The number of carboxylic acids is 1. The van der Waals surface area contributed by atoms with Crippen LogP contribution in [0.15, 0.2) is 35.1 Å². The van der Waals surface area contributed by atoms with E-state index in [1.54, 1.807) is 24.3 Å². The maximum absolute atomic E-state index is 12.2. The van der Waals surface area contributed by atoms with E-state index in [9.17, 15) is 14.4 Å². The van der Waals surface area contributed by atoms with E-state index in [4.69, 9.17) is 10.8 Å². The number of nitrogens with zero attached hydrogens (tertiary/aromatic N) is 1. The molecule has 0 saturated heterocycles. The van der Waals surface area contributed by atoms with Crippen LogP contribution in [0.3, 0.4) is 0 Å². The SMILES string of the molecule is CC(=O)Cn1c(=O)cc(CC(N)C(=O)O)c2ccccc21. The zero-order valence-corrected chi connectivity index (χ0v) is 11.6. The summed E-state index contributed by atoms with van der Waals surface area (Å²) >= 11 is 0. The van der Waals surface area contributed by atoms with Crippen LogP contribution in [0.25, 0.3) is 10.9 Å². The van der Waals surface area contributed by atoms with Gasteiger partial charge in [-0.3, -0.25) is 14.4 Å². The first-order chi connectivity index (χ1) is 9.90. The quantitative estimate of drug-likeness (QED) is 0.836. The molecule has 0 aliphatic rings. The average Bonchev–Trinajstić information content (AvgIpc) is 2.42. The molecule has 2 aromatic rings. The molecule has 1 aromatic carbocycles. The number of Topliss-reactive ketones (excluding diaryl/α,β-unsaturated/α-hetero) is 1. The van der Waals surface area contributed by atoms with E-state index in [1.165, 1.54) is 17.6 Å². The van der Waals surface area contributed by atoms with Gasteiger partial charge in [0.15, 0.2) is 0 Å². The van der Waals surface area contributed by atoms with E-state index in [0.717, 1.165) is 5.39 Å². The summed E-state index contributed by atoms with van der Waals surface area (Å²) in [4.78, 5) is 34.4. The number of nitrogens with two attached hydrogens (primary N) is 1. The van der Waals surface area contributed by atoms with E-state index < -0.39 is 12.0 Å². The molecule has 0 bridgehead atoms. The molecule has 6 heteroatoms. The first kappa shape index (κ1) is 14.9. The van der Waals surface area contributed by atoms with Crippen molar-refractivity contribution in [3.63, 3.8) is 0 Å². The highest BCUT2D eigenvalue weighted by Gasteiger charge is 2.16. The van der Waals surface area contributed by atoms with Crippen LogP contribution in [-0.4, -0.2) is 27.5 Å². The number of para-hydroxylation sites is 1. The molecule has 1 unspecified atom stereocenters. The molecule has 6 nitrogen and oxygen atoms in total. The van der Waals surface area contributed by atoms with Crippen molar-refractivity contribution in [3.8, 4) is 0 Å². The molecular weight excluding hydrogens is 272 g/mol. The van der Waals surface area contributed by atoms with E-state index >= 15 is 0 Å². The van der Waals surface area contributed by atoms with Crippen LogP contribution in [0, 0.1) is 0 Å². The third kappa shape index (κ3) is 3.17. The minimum absolute atomic E-state index is 0.00931. The number of benzene rings is 1. The molecule has 0 amide bonds. The lowest BCUT2D eigenvalue weighted by atomic mass is 10.0. The highest BCUT2D eigenvalue weighted by Crippen LogP contribution is 2.18. The molecule has 2 rings (SSSR count). The number of carboxylic acid groups (broad SMARTS) is 1. The van der Waals surface area contributed by atoms with E-state index in [2.05, 4.69) is 0 Å². The summed E-state index contributed by atoms with van der Waals surface area (Å²) in [6, 6.07) is 7.36. The summed E-state index contributed by atoms with van der Waals surface area (Å²) < 4.78 is 1.38. The maximum Gasteiger partial charge on any atom is 0.320 e. The molecule has 1 heterocycles. The van der Waals surface area contributed by atoms with Crippen LogP contribution < -0.4 is 11.3 Å². The third-order valence-corrected chi connectivity index (χ3v) is 3.24. The Labute approximate surface area is 120 Å². The van der Waals surface area contributed by atoms with Gasteiger partial charge in [-0.1, -0.05) is 18.2 Å². The van der Waals surface area contributed by atoms with Crippen molar-refractivity contribution in [2.45, 2.75) is 25.9 Å². The standard InChI is InChI=1S/C15H16N2O4/c1-9(18)8-17-13-5-3-2-4-11(13)10(7-14(17)19)6-12(16)15(20)21/h2-5,7,12H,6,8,16H2,1H3,(H,20,21). The summed E-state index contributed by atoms with van der Waals surface area (Å²) in [5.41, 5.74) is 6.39. The van der Waals surface area contributed by atoms with Gasteiger partial charge in [-0.2, -0.15) is 0 Å². The fraction of sp³-hybridized carbons (Fsp3) is 0.267. The summed E-state index contributed by atoms with van der Waals surface area (Å²) in [5.74, 6) is -1.25. The second-order valence-corrected chi connectivity index (χ2v) is 4.96. The van der Waals surface area contributed by atoms with Gasteiger partial charge >= 0.3 is 5.97 Å². The molecule has 0 saturated carbocycles. The lowest BCUT2D eigenvalue weighted by Crippen LogP contribution is -2.33. The highest BCUT2D eigenvalue weighted by atomic mass is 16.4. The van der Waals surface area contributed by atoms with E-state index in [-0.39, 0.29) is 24.3 Å². The first-order valence-corrected chi connectivity index (χ1v) is 6.49. The number of fused-ring (bicyclic) bond motifs is 1. The second-order valence-electron chi connectivity index (χ2n) is 4.96. The Morgan fingerprint density at radius 1 is 1.33 bits per heavy atom. The number of aliphatic carboxylic acids is 1. The molecule has 1 aromatic heterocycles. The number of hydrogen-bond donors (Lipinski definition) is 2. The Kier molecular flexibility index (Phi) is 4.18. The number of rotatable bonds is 5. The third-order valence-electron chi connectivity index (χ3n) is 3.24. The van der Waals surface area contributed by atoms with Gasteiger partial charge in [0, 0.05) is 11.5 Å². The van der Waals surface area contributed by atoms with Crippen molar-refractivity contribution in [3.05, 3.63) is 46.2 Å². The van der Waals surface area contributed by atoms with Gasteiger partial charge in [-0.15, -0.1) is 0 Å². The Morgan fingerprint density at radius 2 is 2.00 bits per heavy atom. The molecule has 0 spiro atoms. The second kappa shape index (κ2) is 5.88. The van der Waals surface area contributed by atoms with Crippen molar-refractivity contribution in [2.24, 2.45) is 5.73 Å². The van der Waals surface area contributed by atoms with Crippen molar-refractivity contribution in [2.75, 3.05) is 0 Å². The smallest absolute Gasteiger partial charge is 0.320 e. The Bertz CT molecular complexity index is 764. The number of carbonyl (C=O) groups excluding carboxylic acids is 1. The molecule has 0 aliphatic carbocycles. The fourth-order valence-corrected chi connectivity index (χ4v) is 2.28. The van der Waals surface area contributed by atoms with Crippen molar-refractivity contribution >= 4 is 22.7 Å². The van der Waals surface area contributed by atoms with Crippen LogP contribution in [0.4, 0.5) is 0 Å². The maximum atomic E-state index is 12.2. The minimum atomic E-state index is -1.12. The average molecular weight is 288 g/mol. The topological polar surface area (TPSA) is 102 Å². The minimum Gasteiger partial charge on any atom is -0.480 e. The Balaban J connectivity index is 2.62. The van der Waals surface area contributed by atoms with Crippen LogP contribution in [-0.2, 0) is 22.6 Å². The van der Waals surface area contributed by atoms with Crippen molar-refractivity contribution < 1.29 is 14.7 Å². The van der Waals surface area contributed by atoms with Crippen LogP contribution in [0.2, 0.25) is 0 Å². The van der Waals surface area contributed by atoms with Gasteiger partial charge in [0.05, 0.1) is 12.1 Å². The number of pyridine rings is 1. The van der Waals surface area contributed by atoms with Crippen LogP contribution >= 0.6 is 0 Å². The number of ketones is 1. The largest absolute Gasteiger partial charge is 0.480 e. The van der Waals surface area contributed by atoms with Gasteiger partial charge in [-0.25, -0.2) is 0 Å². The van der Waals surface area contributed by atoms with Crippen LogP contribution in [0.1, 0.15) is 12.5 Å². The van der Waals surface area contributed by atoms with E-state index in [1.807, 2.05) is 0 Å². The monoisotopic (exact) mass is 288 g/mol. The van der Waals surface area contributed by atoms with Gasteiger partial charge in [0.1, 0.15) is 11.8 Å². The van der Waals surface area contributed by atoms with Gasteiger partial charge in [0.25, 0.3) is 5.56 Å². The predicted molar refractivity (Wildman–Crippen MR) is 78.2 cm³/mol. The predicted octanol–water partition coefficient (Wildman–Crippen LogP) is 0.545. The van der Waals surface area contributed by atoms with Gasteiger partial charge in [0.2, 0.25) is 0 Å².